The van der Waals surface area contributed by atoms with E-state index in [1.165, 1.54) is 5.56 Å². The second kappa shape index (κ2) is 13.2. The predicted octanol–water partition coefficient (Wildman–Crippen LogP) is 6.22. The predicted molar refractivity (Wildman–Crippen MR) is 177 cm³/mol. The lowest BCUT2D eigenvalue weighted by molar-refractivity contribution is 0.0897. The maximum Gasteiger partial charge on any atom is 0.325 e. The number of nitrogens with zero attached hydrogens (tertiary/aromatic N) is 4. The van der Waals surface area contributed by atoms with E-state index in [2.05, 4.69) is 46.5 Å². The number of rotatable bonds is 9. The highest BCUT2D eigenvalue weighted by Gasteiger charge is 2.23. The zero-order valence-electron chi connectivity index (χ0n) is 26.4. The van der Waals surface area contributed by atoms with Crippen molar-refractivity contribution in [3.05, 3.63) is 84.2 Å². The van der Waals surface area contributed by atoms with Gasteiger partial charge in [0.1, 0.15) is 5.82 Å². The number of fused-ring (bicyclic) bond motifs is 1. The summed E-state index contributed by atoms with van der Waals surface area (Å²) in [5, 5.41) is 17.3. The number of aliphatic hydroxyl groups is 1. The van der Waals surface area contributed by atoms with Gasteiger partial charge in [-0.05, 0) is 99.6 Å². The molecule has 2 amide bonds. The average Bonchev–Trinajstić information content (AvgIpc) is 3.43. The van der Waals surface area contributed by atoms with Crippen molar-refractivity contribution in [1.82, 2.24) is 19.8 Å². The molecule has 0 bridgehead atoms. The van der Waals surface area contributed by atoms with Crippen molar-refractivity contribution in [1.29, 1.82) is 0 Å². The molecule has 232 valence electrons. The van der Waals surface area contributed by atoms with Crippen LogP contribution in [-0.4, -0.2) is 70.3 Å². The van der Waals surface area contributed by atoms with E-state index in [4.69, 9.17) is 0 Å². The van der Waals surface area contributed by atoms with Crippen molar-refractivity contribution < 1.29 is 14.7 Å². The fourth-order valence-electron chi connectivity index (χ4n) is 6.03. The monoisotopic (exact) mass is 596 g/mol. The van der Waals surface area contributed by atoms with Crippen LogP contribution in [0.15, 0.2) is 73.1 Å². The third-order valence-electron chi connectivity index (χ3n) is 8.12. The van der Waals surface area contributed by atoms with Gasteiger partial charge in [0.05, 0.1) is 17.7 Å². The number of benzene rings is 2. The van der Waals surface area contributed by atoms with Crippen molar-refractivity contribution in [3.63, 3.8) is 0 Å². The second-order valence-corrected chi connectivity index (χ2v) is 12.8. The Morgan fingerprint density at radius 2 is 1.73 bits per heavy atom. The van der Waals surface area contributed by atoms with Gasteiger partial charge in [-0.15, -0.1) is 0 Å². The smallest absolute Gasteiger partial charge is 0.325 e. The number of anilines is 3. The van der Waals surface area contributed by atoms with Gasteiger partial charge in [-0.25, -0.2) is 9.78 Å². The number of hydrogen-bond acceptors (Lipinski definition) is 6. The fourth-order valence-corrected chi connectivity index (χ4v) is 6.03. The Kier molecular flexibility index (Phi) is 9.36. The molecule has 4 aromatic rings. The molecule has 0 radical (unpaired) electrons. The normalized spacial score (nSPS) is 14.6. The summed E-state index contributed by atoms with van der Waals surface area (Å²) in [5.74, 6) is 1.40. The molecule has 1 fully saturated rings. The number of piperidine rings is 1. The third-order valence-corrected chi connectivity index (χ3v) is 8.12. The van der Waals surface area contributed by atoms with Gasteiger partial charge in [0, 0.05) is 54.4 Å². The summed E-state index contributed by atoms with van der Waals surface area (Å²) in [6, 6.07) is 19.1. The summed E-state index contributed by atoms with van der Waals surface area (Å²) in [6.45, 7) is 11.7. The first-order valence-electron chi connectivity index (χ1n) is 15.4. The summed E-state index contributed by atoms with van der Waals surface area (Å²) in [5.41, 5.74) is 3.24. The zero-order chi connectivity index (χ0) is 31.4. The Hall–Kier alpha value is -4.21. The molecule has 0 saturated carbocycles. The number of nitrogens with one attached hydrogen (secondary N) is 2. The molecule has 0 spiro atoms. The Morgan fingerprint density at radius 1 is 1.02 bits per heavy atom. The largest absolute Gasteiger partial charge is 0.389 e. The van der Waals surface area contributed by atoms with Crippen LogP contribution in [-0.2, 0) is 0 Å². The summed E-state index contributed by atoms with van der Waals surface area (Å²) < 4.78 is 1.56. The van der Waals surface area contributed by atoms with E-state index in [1.54, 1.807) is 37.9 Å². The number of pyridine rings is 1. The molecule has 1 aliphatic rings. The lowest BCUT2D eigenvalue weighted by atomic mass is 9.88. The number of carbonyl (C=O) groups excluding carboxylic acids is 2. The van der Waals surface area contributed by atoms with E-state index >= 15 is 0 Å². The first-order chi connectivity index (χ1) is 21.0. The van der Waals surface area contributed by atoms with Crippen LogP contribution in [0.3, 0.4) is 0 Å². The van der Waals surface area contributed by atoms with Crippen molar-refractivity contribution >= 4 is 40.0 Å². The molecular formula is C35H44N6O3. The maximum absolute atomic E-state index is 13.2. The molecule has 1 aliphatic heterocycles. The molecule has 5 rings (SSSR count). The van der Waals surface area contributed by atoms with E-state index in [0.29, 0.717) is 29.8 Å². The highest BCUT2D eigenvalue weighted by Crippen LogP contribution is 2.32. The molecule has 0 atom stereocenters. The van der Waals surface area contributed by atoms with Crippen LogP contribution in [0.4, 0.5) is 22.0 Å². The summed E-state index contributed by atoms with van der Waals surface area (Å²) in [7, 11) is 1.60. The average molecular weight is 597 g/mol. The first-order valence-corrected chi connectivity index (χ1v) is 15.4. The quantitative estimate of drug-likeness (QED) is 0.212. The highest BCUT2D eigenvalue weighted by atomic mass is 16.3. The van der Waals surface area contributed by atoms with Gasteiger partial charge in [0.15, 0.2) is 0 Å². The number of aromatic nitrogens is 2. The standard InChI is InChI=1S/C35H44N6O3/c1-24(2)22-39-17-13-26(14-18-39)25-6-8-27(9-7-25)33(42)38-32-21-30(12-16-37-32)41(23-35(3,4)44)29-10-11-31-28(20-29)15-19-40(31)34(43)36-5/h6-12,15-16,19-21,24,26,44H,13-14,17-18,22-23H2,1-5H3,(H,36,43)(H,37,38,42). The molecule has 3 N–H and O–H groups in total. The number of amides is 2. The lowest BCUT2D eigenvalue weighted by Gasteiger charge is -2.33. The van der Waals surface area contributed by atoms with Gasteiger partial charge in [0.25, 0.3) is 5.91 Å². The topological polar surface area (TPSA) is 103 Å². The van der Waals surface area contributed by atoms with Crippen molar-refractivity contribution in [2.45, 2.75) is 52.1 Å². The highest BCUT2D eigenvalue weighted by molar-refractivity contribution is 6.04. The molecule has 2 aromatic heterocycles. The molecule has 3 heterocycles. The molecular weight excluding hydrogens is 552 g/mol. The molecule has 2 aromatic carbocycles. The zero-order valence-corrected chi connectivity index (χ0v) is 26.4. The minimum absolute atomic E-state index is 0.215. The van der Waals surface area contributed by atoms with E-state index < -0.39 is 5.60 Å². The van der Waals surface area contributed by atoms with Crippen LogP contribution in [0.5, 0.6) is 0 Å². The maximum atomic E-state index is 13.2. The fraction of sp³-hybridized carbons (Fsp3) is 0.400. The third kappa shape index (κ3) is 7.46. The summed E-state index contributed by atoms with van der Waals surface area (Å²) in [4.78, 5) is 34.4. The molecule has 0 unspecified atom stereocenters. The number of carbonyl (C=O) groups is 2. The Labute approximate surface area is 259 Å². The molecule has 9 nitrogen and oxygen atoms in total. The van der Waals surface area contributed by atoms with Gasteiger partial charge in [-0.3, -0.25) is 9.36 Å². The van der Waals surface area contributed by atoms with Crippen molar-refractivity contribution in [2.75, 3.05) is 43.4 Å². The lowest BCUT2D eigenvalue weighted by Crippen LogP contribution is -2.36. The SMILES string of the molecule is CNC(=O)n1ccc2cc(N(CC(C)(C)O)c3ccnc(NC(=O)c4ccc(C5CCN(CC(C)C)CC5)cc4)c3)ccc21. The Bertz CT molecular complexity index is 1600. The first kappa shape index (κ1) is 31.2. The Balaban J connectivity index is 1.31. The van der Waals surface area contributed by atoms with Crippen LogP contribution in [0.2, 0.25) is 0 Å². The van der Waals surface area contributed by atoms with E-state index in [9.17, 15) is 14.7 Å². The molecule has 0 aliphatic carbocycles. The van der Waals surface area contributed by atoms with Gasteiger partial charge in [0.2, 0.25) is 0 Å². The molecule has 44 heavy (non-hydrogen) atoms. The number of likely N-dealkylation sites (tertiary alicyclic amines) is 1. The number of hydrogen-bond donors (Lipinski definition) is 3. The van der Waals surface area contributed by atoms with Crippen LogP contribution >= 0.6 is 0 Å². The van der Waals surface area contributed by atoms with Gasteiger partial charge >= 0.3 is 6.03 Å². The molecule has 1 saturated heterocycles. The van der Waals surface area contributed by atoms with Gasteiger partial charge in [-0.1, -0.05) is 26.0 Å². The van der Waals surface area contributed by atoms with E-state index in [1.807, 2.05) is 53.4 Å². The minimum Gasteiger partial charge on any atom is -0.389 e. The van der Waals surface area contributed by atoms with Crippen LogP contribution in [0.25, 0.3) is 10.9 Å². The van der Waals surface area contributed by atoms with Crippen LogP contribution in [0, 0.1) is 5.92 Å². The Morgan fingerprint density at radius 3 is 2.39 bits per heavy atom. The summed E-state index contributed by atoms with van der Waals surface area (Å²) >= 11 is 0. The van der Waals surface area contributed by atoms with E-state index in [-0.39, 0.29) is 11.9 Å². The van der Waals surface area contributed by atoms with Crippen molar-refractivity contribution in [2.24, 2.45) is 5.92 Å². The van der Waals surface area contributed by atoms with Crippen LogP contribution < -0.4 is 15.5 Å². The molecule has 9 heteroatoms. The second-order valence-electron chi connectivity index (χ2n) is 12.8. The minimum atomic E-state index is -1.01. The van der Waals surface area contributed by atoms with Gasteiger partial charge in [-0.2, -0.15) is 0 Å². The summed E-state index contributed by atoms with van der Waals surface area (Å²) in [6.07, 6.45) is 5.67. The van der Waals surface area contributed by atoms with Crippen LogP contribution in [0.1, 0.15) is 62.4 Å². The van der Waals surface area contributed by atoms with E-state index in [0.717, 1.165) is 54.8 Å². The van der Waals surface area contributed by atoms with Crippen molar-refractivity contribution in [3.8, 4) is 0 Å². The van der Waals surface area contributed by atoms with Gasteiger partial charge < -0.3 is 25.5 Å².